The van der Waals surface area contributed by atoms with Crippen LogP contribution in [0, 0.1) is 22.0 Å². The van der Waals surface area contributed by atoms with E-state index in [0.29, 0.717) is 10.0 Å². The average Bonchev–Trinajstić information content (AvgIpc) is 2.88. The van der Waals surface area contributed by atoms with Crippen LogP contribution in [0.25, 0.3) is 0 Å². The number of hydrogen-bond acceptors (Lipinski definition) is 2. The van der Waals surface area contributed by atoms with Crippen LogP contribution >= 0.6 is 23.2 Å². The highest BCUT2D eigenvalue weighted by Crippen LogP contribution is 2.51. The van der Waals surface area contributed by atoms with Crippen LogP contribution < -0.4 is 0 Å². The van der Waals surface area contributed by atoms with Crippen molar-refractivity contribution < 1.29 is 4.92 Å². The van der Waals surface area contributed by atoms with E-state index in [2.05, 4.69) is 6.08 Å². The van der Waals surface area contributed by atoms with Gasteiger partial charge in [-0.3, -0.25) is 10.1 Å². The van der Waals surface area contributed by atoms with Gasteiger partial charge in [0.2, 0.25) is 6.04 Å². The third-order valence-corrected chi connectivity index (χ3v) is 4.55. The van der Waals surface area contributed by atoms with Crippen molar-refractivity contribution in [2.45, 2.75) is 18.4 Å². The summed E-state index contributed by atoms with van der Waals surface area (Å²) in [6.07, 6.45) is 4.91. The molecule has 0 amide bonds. The molecule has 1 fully saturated rings. The SMILES string of the molecule is O=[N+]([O-])[C@@H]1[C@@H](c2ccc(Cl)cc2Cl)[C@H]2C=C[C@H]1C2. The van der Waals surface area contributed by atoms with Crippen LogP contribution in [0.3, 0.4) is 0 Å². The molecule has 5 heteroatoms. The zero-order valence-corrected chi connectivity index (χ0v) is 10.9. The fourth-order valence-electron chi connectivity index (χ4n) is 3.27. The molecule has 1 aromatic rings. The van der Waals surface area contributed by atoms with Gasteiger partial charge in [0.05, 0.1) is 5.92 Å². The number of benzene rings is 1. The number of nitrogens with zero attached hydrogens (tertiary/aromatic N) is 1. The van der Waals surface area contributed by atoms with Crippen LogP contribution in [0.2, 0.25) is 10.0 Å². The summed E-state index contributed by atoms with van der Waals surface area (Å²) in [6, 6.07) is 4.67. The number of nitro groups is 1. The van der Waals surface area contributed by atoms with Gasteiger partial charge in [-0.1, -0.05) is 41.4 Å². The van der Waals surface area contributed by atoms with Crippen molar-refractivity contribution in [3.63, 3.8) is 0 Å². The number of allylic oxidation sites excluding steroid dienone is 1. The molecule has 94 valence electrons. The Morgan fingerprint density at radius 2 is 1.94 bits per heavy atom. The van der Waals surface area contributed by atoms with Gasteiger partial charge >= 0.3 is 0 Å². The quantitative estimate of drug-likeness (QED) is 0.469. The summed E-state index contributed by atoms with van der Waals surface area (Å²) in [5.41, 5.74) is 0.847. The van der Waals surface area contributed by atoms with Crippen LogP contribution in [0.4, 0.5) is 0 Å². The predicted octanol–water partition coefficient (Wildman–Crippen LogP) is 3.93. The zero-order chi connectivity index (χ0) is 12.9. The second kappa shape index (κ2) is 4.25. The first-order chi connectivity index (χ1) is 8.58. The lowest BCUT2D eigenvalue weighted by atomic mass is 9.83. The van der Waals surface area contributed by atoms with Crippen LogP contribution in [0.15, 0.2) is 30.4 Å². The summed E-state index contributed by atoms with van der Waals surface area (Å²) in [7, 11) is 0. The molecule has 0 unspecified atom stereocenters. The summed E-state index contributed by atoms with van der Waals surface area (Å²) >= 11 is 12.1. The summed E-state index contributed by atoms with van der Waals surface area (Å²) in [6.45, 7) is 0. The fraction of sp³-hybridized carbons (Fsp3) is 0.385. The van der Waals surface area contributed by atoms with Gasteiger partial charge in [0.1, 0.15) is 0 Å². The molecule has 0 spiro atoms. The van der Waals surface area contributed by atoms with Gasteiger partial charge in [-0.15, -0.1) is 0 Å². The number of fused-ring (bicyclic) bond motifs is 2. The molecule has 1 aromatic carbocycles. The lowest BCUT2D eigenvalue weighted by Gasteiger charge is -2.23. The molecule has 0 heterocycles. The first-order valence-corrected chi connectivity index (χ1v) is 6.60. The van der Waals surface area contributed by atoms with E-state index in [-0.39, 0.29) is 22.7 Å². The van der Waals surface area contributed by atoms with Crippen molar-refractivity contribution in [1.82, 2.24) is 0 Å². The van der Waals surface area contributed by atoms with Crippen LogP contribution in [0.1, 0.15) is 17.9 Å². The normalized spacial score (nSPS) is 33.0. The fourth-order valence-corrected chi connectivity index (χ4v) is 3.80. The van der Waals surface area contributed by atoms with Crippen LogP contribution in [0.5, 0.6) is 0 Å². The van der Waals surface area contributed by atoms with Crippen LogP contribution in [-0.2, 0) is 0 Å². The highest BCUT2D eigenvalue weighted by atomic mass is 35.5. The molecule has 3 nitrogen and oxygen atoms in total. The monoisotopic (exact) mass is 283 g/mol. The Labute approximate surface area is 115 Å². The molecule has 0 aliphatic heterocycles. The molecule has 0 saturated heterocycles. The predicted molar refractivity (Wildman–Crippen MR) is 70.7 cm³/mol. The van der Waals surface area contributed by atoms with E-state index < -0.39 is 6.04 Å². The minimum atomic E-state index is -0.557. The van der Waals surface area contributed by atoms with Gasteiger partial charge in [0.25, 0.3) is 0 Å². The van der Waals surface area contributed by atoms with Gasteiger partial charge in [0.15, 0.2) is 0 Å². The molecule has 2 aliphatic rings. The Kier molecular flexibility index (Phi) is 2.83. The van der Waals surface area contributed by atoms with Crippen molar-refractivity contribution >= 4 is 23.2 Å². The van der Waals surface area contributed by atoms with Crippen molar-refractivity contribution in [3.8, 4) is 0 Å². The summed E-state index contributed by atoms with van der Waals surface area (Å²) < 4.78 is 0. The van der Waals surface area contributed by atoms with Crippen LogP contribution in [-0.4, -0.2) is 11.0 Å². The lowest BCUT2D eigenvalue weighted by molar-refractivity contribution is -0.530. The molecular formula is C13H11Cl2NO2. The largest absolute Gasteiger partial charge is 0.264 e. The second-order valence-electron chi connectivity index (χ2n) is 4.92. The van der Waals surface area contributed by atoms with Crippen molar-refractivity contribution in [2.75, 3.05) is 0 Å². The third kappa shape index (κ3) is 1.73. The number of halogens is 2. The van der Waals surface area contributed by atoms with Crippen molar-refractivity contribution in [3.05, 3.63) is 56.1 Å². The summed E-state index contributed by atoms with van der Waals surface area (Å²) in [5.74, 6) is 0.144. The molecule has 3 rings (SSSR count). The maximum atomic E-state index is 11.3. The molecule has 0 radical (unpaired) electrons. The Hall–Kier alpha value is -1.06. The third-order valence-electron chi connectivity index (χ3n) is 3.98. The maximum Gasteiger partial charge on any atom is 0.226 e. The topological polar surface area (TPSA) is 43.1 Å². The Morgan fingerprint density at radius 1 is 1.22 bits per heavy atom. The minimum absolute atomic E-state index is 0.0433. The smallest absolute Gasteiger partial charge is 0.226 e. The van der Waals surface area contributed by atoms with Gasteiger partial charge in [-0.25, -0.2) is 0 Å². The number of hydrogen-bond donors (Lipinski definition) is 0. The minimum Gasteiger partial charge on any atom is -0.264 e. The number of rotatable bonds is 2. The molecule has 2 bridgehead atoms. The Bertz CT molecular complexity index is 544. The van der Waals surface area contributed by atoms with E-state index >= 15 is 0 Å². The molecular weight excluding hydrogens is 273 g/mol. The van der Waals surface area contributed by atoms with E-state index in [9.17, 15) is 10.1 Å². The zero-order valence-electron chi connectivity index (χ0n) is 9.42. The first kappa shape index (κ1) is 12.0. The summed E-state index contributed by atoms with van der Waals surface area (Å²) in [4.78, 5) is 11.1. The van der Waals surface area contributed by atoms with Gasteiger partial charge < -0.3 is 0 Å². The highest BCUT2D eigenvalue weighted by Gasteiger charge is 2.52. The molecule has 2 aliphatic carbocycles. The lowest BCUT2D eigenvalue weighted by Crippen LogP contribution is -2.31. The Morgan fingerprint density at radius 3 is 2.61 bits per heavy atom. The molecule has 0 aromatic heterocycles. The van der Waals surface area contributed by atoms with E-state index in [0.717, 1.165) is 12.0 Å². The van der Waals surface area contributed by atoms with E-state index in [1.165, 1.54) is 0 Å². The van der Waals surface area contributed by atoms with Gasteiger partial charge in [0, 0.05) is 20.9 Å². The maximum absolute atomic E-state index is 11.3. The van der Waals surface area contributed by atoms with E-state index in [1.54, 1.807) is 12.1 Å². The molecule has 0 N–H and O–H groups in total. The standard InChI is InChI=1S/C13H11Cl2NO2/c14-9-3-4-10(11(15)6-9)12-7-1-2-8(5-7)13(12)16(17)18/h1-4,6-8,12-13H,5H2/t7-,8-,12+,13-/m0/s1. The summed E-state index contributed by atoms with van der Waals surface area (Å²) in [5, 5.41) is 12.3. The first-order valence-electron chi connectivity index (χ1n) is 5.84. The second-order valence-corrected chi connectivity index (χ2v) is 5.76. The average molecular weight is 284 g/mol. The van der Waals surface area contributed by atoms with E-state index in [1.807, 2.05) is 12.1 Å². The Balaban J connectivity index is 2.05. The molecule has 18 heavy (non-hydrogen) atoms. The van der Waals surface area contributed by atoms with Gasteiger partial charge in [-0.05, 0) is 30.0 Å². The molecule has 4 atom stereocenters. The van der Waals surface area contributed by atoms with E-state index in [4.69, 9.17) is 23.2 Å². The van der Waals surface area contributed by atoms with Gasteiger partial charge in [-0.2, -0.15) is 0 Å². The molecule has 1 saturated carbocycles. The van der Waals surface area contributed by atoms with Crippen molar-refractivity contribution in [1.29, 1.82) is 0 Å². The van der Waals surface area contributed by atoms with Crippen molar-refractivity contribution in [2.24, 2.45) is 11.8 Å². The highest BCUT2D eigenvalue weighted by molar-refractivity contribution is 6.35.